The lowest BCUT2D eigenvalue weighted by Crippen LogP contribution is -2.29. The average molecular weight is 427 g/mol. The Balaban J connectivity index is 1.83. The van der Waals surface area contributed by atoms with E-state index in [-0.39, 0.29) is 11.3 Å². The first-order valence-corrected chi connectivity index (χ1v) is 10.9. The molecule has 4 rings (SSSR count). The molecule has 1 fully saturated rings. The molecule has 2 heterocycles. The third-order valence-electron chi connectivity index (χ3n) is 5.80. The van der Waals surface area contributed by atoms with Crippen LogP contribution in [-0.2, 0) is 16.0 Å². The van der Waals surface area contributed by atoms with E-state index in [0.717, 1.165) is 24.8 Å². The normalized spacial score (nSPS) is 17.7. The largest absolute Gasteiger partial charge is 0.507 e. The number of aliphatic hydroxyl groups is 1. The molecule has 3 aromatic rings. The maximum absolute atomic E-state index is 13.2. The minimum absolute atomic E-state index is 0.0712. The van der Waals surface area contributed by atoms with Crippen molar-refractivity contribution < 1.29 is 14.7 Å². The van der Waals surface area contributed by atoms with E-state index >= 15 is 0 Å². The van der Waals surface area contributed by atoms with E-state index in [1.54, 1.807) is 30.6 Å². The molecule has 162 valence electrons. The highest BCUT2D eigenvalue weighted by molar-refractivity contribution is 6.51. The summed E-state index contributed by atoms with van der Waals surface area (Å²) in [5.41, 5.74) is 4.07. The summed E-state index contributed by atoms with van der Waals surface area (Å²) in [7, 11) is 0. The fourth-order valence-corrected chi connectivity index (χ4v) is 4.02. The topological polar surface area (TPSA) is 70.5 Å². The summed E-state index contributed by atoms with van der Waals surface area (Å²) in [5, 5.41) is 11.1. The molecule has 0 saturated carbocycles. The number of nitrogens with zero attached hydrogens (tertiary/aromatic N) is 2. The zero-order chi connectivity index (χ0) is 22.7. The van der Waals surface area contributed by atoms with E-state index in [0.29, 0.717) is 16.8 Å². The Bertz CT molecular complexity index is 1150. The lowest BCUT2D eigenvalue weighted by atomic mass is 9.96. The number of rotatable bonds is 6. The predicted molar refractivity (Wildman–Crippen MR) is 125 cm³/mol. The molecule has 0 radical (unpaired) electrons. The van der Waals surface area contributed by atoms with Crippen LogP contribution < -0.4 is 4.90 Å². The van der Waals surface area contributed by atoms with Gasteiger partial charge in [0.15, 0.2) is 0 Å². The Morgan fingerprint density at radius 2 is 1.75 bits per heavy atom. The third kappa shape index (κ3) is 4.06. The summed E-state index contributed by atoms with van der Waals surface area (Å²) in [6.45, 7) is 4.10. The van der Waals surface area contributed by atoms with E-state index in [1.165, 1.54) is 10.5 Å². The summed E-state index contributed by atoms with van der Waals surface area (Å²) in [6.07, 6.45) is 6.43. The number of amides is 1. The van der Waals surface area contributed by atoms with Gasteiger partial charge in [0.1, 0.15) is 5.76 Å². The van der Waals surface area contributed by atoms with E-state index < -0.39 is 17.7 Å². The number of hydrogen-bond acceptors (Lipinski definition) is 4. The molecule has 1 aromatic heterocycles. The standard InChI is InChI=1S/C27H26N2O3/c1-3-4-6-19-10-14-22(15-11-19)29-24(21-7-5-16-28-17-21)23(26(31)27(29)32)25(30)20-12-8-18(2)9-13-20/h5,7-17,24,30H,3-4,6H2,1-2H3/b25-23-. The summed E-state index contributed by atoms with van der Waals surface area (Å²) in [5.74, 6) is -1.54. The number of ketones is 1. The molecule has 32 heavy (non-hydrogen) atoms. The minimum Gasteiger partial charge on any atom is -0.507 e. The molecule has 1 atom stereocenters. The zero-order valence-corrected chi connectivity index (χ0v) is 18.3. The van der Waals surface area contributed by atoms with Crippen molar-refractivity contribution in [3.8, 4) is 0 Å². The van der Waals surface area contributed by atoms with Gasteiger partial charge in [-0.25, -0.2) is 0 Å². The fraction of sp³-hybridized carbons (Fsp3) is 0.222. The van der Waals surface area contributed by atoms with Crippen molar-refractivity contribution in [2.24, 2.45) is 0 Å². The van der Waals surface area contributed by atoms with Gasteiger partial charge < -0.3 is 5.11 Å². The van der Waals surface area contributed by atoms with Crippen LogP contribution >= 0.6 is 0 Å². The lowest BCUT2D eigenvalue weighted by Gasteiger charge is -2.25. The van der Waals surface area contributed by atoms with Gasteiger partial charge in [-0.05, 0) is 49.1 Å². The van der Waals surface area contributed by atoms with Gasteiger partial charge in [-0.3, -0.25) is 19.5 Å². The number of carbonyl (C=O) groups excluding carboxylic acids is 2. The summed E-state index contributed by atoms with van der Waals surface area (Å²) in [4.78, 5) is 31.9. The fourth-order valence-electron chi connectivity index (χ4n) is 4.02. The highest BCUT2D eigenvalue weighted by Gasteiger charge is 2.47. The van der Waals surface area contributed by atoms with Crippen LogP contribution in [0.15, 0.2) is 78.6 Å². The Morgan fingerprint density at radius 1 is 1.03 bits per heavy atom. The monoisotopic (exact) mass is 426 g/mol. The number of aryl methyl sites for hydroxylation is 2. The number of aliphatic hydroxyl groups excluding tert-OH is 1. The number of anilines is 1. The van der Waals surface area contributed by atoms with Crippen molar-refractivity contribution in [3.05, 3.63) is 101 Å². The van der Waals surface area contributed by atoms with Crippen molar-refractivity contribution in [1.29, 1.82) is 0 Å². The number of Topliss-reactive ketones (excluding diaryl/α,β-unsaturated/α-hetero) is 1. The van der Waals surface area contributed by atoms with Crippen molar-refractivity contribution in [3.63, 3.8) is 0 Å². The summed E-state index contributed by atoms with van der Waals surface area (Å²) < 4.78 is 0. The van der Waals surface area contributed by atoms with Crippen LogP contribution in [0.5, 0.6) is 0 Å². The zero-order valence-electron chi connectivity index (χ0n) is 18.3. The van der Waals surface area contributed by atoms with E-state index in [2.05, 4.69) is 11.9 Å². The molecule has 1 saturated heterocycles. The molecule has 1 N–H and O–H groups in total. The number of benzene rings is 2. The second-order valence-corrected chi connectivity index (χ2v) is 8.09. The first kappa shape index (κ1) is 21.5. The molecule has 1 amide bonds. The van der Waals surface area contributed by atoms with Crippen LogP contribution in [0, 0.1) is 6.92 Å². The first-order chi connectivity index (χ1) is 15.5. The van der Waals surface area contributed by atoms with Crippen molar-refractivity contribution in [2.45, 2.75) is 39.2 Å². The quantitative estimate of drug-likeness (QED) is 0.327. The molecule has 0 spiro atoms. The molecule has 1 aliphatic rings. The average Bonchev–Trinajstić information content (AvgIpc) is 3.09. The molecule has 5 nitrogen and oxygen atoms in total. The Labute approximate surface area is 188 Å². The van der Waals surface area contributed by atoms with Crippen LogP contribution in [0.2, 0.25) is 0 Å². The highest BCUT2D eigenvalue weighted by atomic mass is 16.3. The van der Waals surface area contributed by atoms with Crippen LogP contribution in [0.25, 0.3) is 5.76 Å². The molecule has 0 bridgehead atoms. The van der Waals surface area contributed by atoms with Crippen molar-refractivity contribution in [2.75, 3.05) is 4.90 Å². The Hall–Kier alpha value is -3.73. The van der Waals surface area contributed by atoms with Crippen LogP contribution in [-0.4, -0.2) is 21.8 Å². The van der Waals surface area contributed by atoms with E-state index in [4.69, 9.17) is 0 Å². The smallest absolute Gasteiger partial charge is 0.300 e. The van der Waals surface area contributed by atoms with E-state index in [9.17, 15) is 14.7 Å². The number of hydrogen-bond donors (Lipinski definition) is 1. The lowest BCUT2D eigenvalue weighted by molar-refractivity contribution is -0.132. The molecule has 1 aliphatic heterocycles. The maximum atomic E-state index is 13.2. The van der Waals surface area contributed by atoms with Gasteiger partial charge in [0.05, 0.1) is 11.6 Å². The van der Waals surface area contributed by atoms with Gasteiger partial charge in [-0.15, -0.1) is 0 Å². The van der Waals surface area contributed by atoms with Crippen LogP contribution in [0.4, 0.5) is 5.69 Å². The number of pyridine rings is 1. The first-order valence-electron chi connectivity index (χ1n) is 10.9. The Morgan fingerprint density at radius 3 is 2.38 bits per heavy atom. The van der Waals surface area contributed by atoms with Gasteiger partial charge in [0, 0.05) is 23.6 Å². The minimum atomic E-state index is -0.758. The second kappa shape index (κ2) is 9.18. The molecule has 1 unspecified atom stereocenters. The molecule has 2 aromatic carbocycles. The number of unbranched alkanes of at least 4 members (excludes halogenated alkanes) is 1. The van der Waals surface area contributed by atoms with Gasteiger partial charge in [-0.2, -0.15) is 0 Å². The highest BCUT2D eigenvalue weighted by Crippen LogP contribution is 2.41. The molecular weight excluding hydrogens is 400 g/mol. The maximum Gasteiger partial charge on any atom is 0.300 e. The molecular formula is C27H26N2O3. The SMILES string of the molecule is CCCCc1ccc(N2C(=O)C(=O)/C(=C(\O)c3ccc(C)cc3)C2c2cccnc2)cc1. The molecule has 0 aliphatic carbocycles. The summed E-state index contributed by atoms with van der Waals surface area (Å²) in [6, 6.07) is 17.8. The van der Waals surface area contributed by atoms with Gasteiger partial charge in [0.25, 0.3) is 11.7 Å². The second-order valence-electron chi connectivity index (χ2n) is 8.09. The summed E-state index contributed by atoms with van der Waals surface area (Å²) >= 11 is 0. The number of aromatic nitrogens is 1. The number of carbonyl (C=O) groups is 2. The van der Waals surface area contributed by atoms with Gasteiger partial charge in [-0.1, -0.05) is 61.4 Å². The predicted octanol–water partition coefficient (Wildman–Crippen LogP) is 5.36. The van der Waals surface area contributed by atoms with Crippen molar-refractivity contribution in [1.82, 2.24) is 4.98 Å². The van der Waals surface area contributed by atoms with Crippen molar-refractivity contribution >= 4 is 23.1 Å². The van der Waals surface area contributed by atoms with Gasteiger partial charge >= 0.3 is 0 Å². The Kier molecular flexibility index (Phi) is 6.17. The van der Waals surface area contributed by atoms with Gasteiger partial charge in [0.2, 0.25) is 0 Å². The van der Waals surface area contributed by atoms with Crippen LogP contribution in [0.1, 0.15) is 48.1 Å². The van der Waals surface area contributed by atoms with E-state index in [1.807, 2.05) is 49.4 Å². The third-order valence-corrected chi connectivity index (χ3v) is 5.80. The van der Waals surface area contributed by atoms with Crippen LogP contribution in [0.3, 0.4) is 0 Å². The molecule has 5 heteroatoms.